The van der Waals surface area contributed by atoms with E-state index in [0.717, 1.165) is 24.5 Å². The van der Waals surface area contributed by atoms with E-state index in [0.29, 0.717) is 24.5 Å². The van der Waals surface area contributed by atoms with Crippen LogP contribution in [-0.4, -0.2) is 35.9 Å². The zero-order valence-electron chi connectivity index (χ0n) is 12.8. The molecule has 0 saturated heterocycles. The van der Waals surface area contributed by atoms with Gasteiger partial charge in [0.15, 0.2) is 0 Å². The van der Waals surface area contributed by atoms with Crippen LogP contribution in [0, 0.1) is 11.7 Å². The number of nitrogens with zero attached hydrogens (tertiary/aromatic N) is 1. The highest BCUT2D eigenvalue weighted by Crippen LogP contribution is 2.28. The van der Waals surface area contributed by atoms with E-state index < -0.39 is 0 Å². The Hall–Kier alpha value is -2.21. The minimum atomic E-state index is -0.300. The second-order valence-electron chi connectivity index (χ2n) is 5.80. The molecule has 0 atom stereocenters. The second kappa shape index (κ2) is 7.37. The molecule has 0 bridgehead atoms. The van der Waals surface area contributed by atoms with E-state index in [9.17, 15) is 9.18 Å². The van der Waals surface area contributed by atoms with Gasteiger partial charge in [0.25, 0.3) is 5.91 Å². The van der Waals surface area contributed by atoms with Gasteiger partial charge in [-0.3, -0.25) is 9.89 Å². The fraction of sp³-hybridized carbons (Fsp3) is 0.412. The SMILES string of the molecule is O=C(NCCCOCC1CC1)c1cc(-c2ccc(F)cc2)n[nH]1. The van der Waals surface area contributed by atoms with Crippen molar-refractivity contribution in [2.45, 2.75) is 19.3 Å². The summed E-state index contributed by atoms with van der Waals surface area (Å²) in [5, 5.41) is 9.62. The first-order chi connectivity index (χ1) is 11.2. The molecule has 6 heteroatoms. The van der Waals surface area contributed by atoms with E-state index in [1.165, 1.54) is 25.0 Å². The number of carbonyl (C=O) groups is 1. The molecule has 5 nitrogen and oxygen atoms in total. The Labute approximate surface area is 134 Å². The summed E-state index contributed by atoms with van der Waals surface area (Å²) in [5.41, 5.74) is 1.77. The van der Waals surface area contributed by atoms with E-state index >= 15 is 0 Å². The van der Waals surface area contributed by atoms with Crippen LogP contribution in [-0.2, 0) is 4.74 Å². The standard InChI is InChI=1S/C17H20FN3O2/c18-14-6-4-13(5-7-14)15-10-16(21-20-15)17(22)19-8-1-9-23-11-12-2-3-12/h4-7,10,12H,1-3,8-9,11H2,(H,19,22)(H,20,21). The van der Waals surface area contributed by atoms with Gasteiger partial charge in [-0.05, 0) is 55.5 Å². The van der Waals surface area contributed by atoms with E-state index in [2.05, 4.69) is 15.5 Å². The fourth-order valence-electron chi connectivity index (χ4n) is 2.21. The lowest BCUT2D eigenvalue weighted by Crippen LogP contribution is -2.25. The van der Waals surface area contributed by atoms with Gasteiger partial charge in [0, 0.05) is 25.3 Å². The van der Waals surface area contributed by atoms with Crippen molar-refractivity contribution >= 4 is 5.91 Å². The van der Waals surface area contributed by atoms with Gasteiger partial charge in [0.2, 0.25) is 0 Å². The van der Waals surface area contributed by atoms with Gasteiger partial charge in [-0.2, -0.15) is 5.10 Å². The number of H-pyrrole nitrogens is 1. The lowest BCUT2D eigenvalue weighted by atomic mass is 10.1. The lowest BCUT2D eigenvalue weighted by molar-refractivity contribution is 0.0932. The van der Waals surface area contributed by atoms with Crippen molar-refractivity contribution in [1.29, 1.82) is 0 Å². The molecule has 3 rings (SSSR count). The Morgan fingerprint density at radius 1 is 1.35 bits per heavy atom. The van der Waals surface area contributed by atoms with Crippen molar-refractivity contribution in [3.05, 3.63) is 41.8 Å². The summed E-state index contributed by atoms with van der Waals surface area (Å²) in [4.78, 5) is 12.0. The molecule has 122 valence electrons. The monoisotopic (exact) mass is 317 g/mol. The molecule has 1 aromatic carbocycles. The number of rotatable bonds is 8. The molecule has 0 radical (unpaired) electrons. The normalized spacial score (nSPS) is 14.0. The molecule has 0 spiro atoms. The van der Waals surface area contributed by atoms with Gasteiger partial charge < -0.3 is 10.1 Å². The minimum Gasteiger partial charge on any atom is -0.381 e. The maximum Gasteiger partial charge on any atom is 0.269 e. The van der Waals surface area contributed by atoms with Crippen LogP contribution in [0.4, 0.5) is 4.39 Å². The van der Waals surface area contributed by atoms with Crippen molar-refractivity contribution in [1.82, 2.24) is 15.5 Å². The fourth-order valence-corrected chi connectivity index (χ4v) is 2.21. The quantitative estimate of drug-likeness (QED) is 0.736. The molecule has 1 aliphatic carbocycles. The van der Waals surface area contributed by atoms with Crippen LogP contribution >= 0.6 is 0 Å². The zero-order chi connectivity index (χ0) is 16.1. The molecule has 1 aliphatic rings. The second-order valence-corrected chi connectivity index (χ2v) is 5.80. The van der Waals surface area contributed by atoms with Crippen molar-refractivity contribution in [2.24, 2.45) is 5.92 Å². The third kappa shape index (κ3) is 4.63. The summed E-state index contributed by atoms with van der Waals surface area (Å²) in [7, 11) is 0. The number of carbonyl (C=O) groups excluding carboxylic acids is 1. The van der Waals surface area contributed by atoms with E-state index in [-0.39, 0.29) is 11.7 Å². The predicted octanol–water partition coefficient (Wildman–Crippen LogP) is 2.76. The summed E-state index contributed by atoms with van der Waals surface area (Å²) in [5.74, 6) is 0.263. The van der Waals surface area contributed by atoms with Gasteiger partial charge >= 0.3 is 0 Å². The number of aromatic nitrogens is 2. The largest absolute Gasteiger partial charge is 0.381 e. The van der Waals surface area contributed by atoms with Crippen molar-refractivity contribution in [2.75, 3.05) is 19.8 Å². The molecule has 2 N–H and O–H groups in total. The summed E-state index contributed by atoms with van der Waals surface area (Å²) < 4.78 is 18.4. The van der Waals surface area contributed by atoms with Gasteiger partial charge in [0.1, 0.15) is 11.5 Å². The van der Waals surface area contributed by atoms with E-state index in [1.807, 2.05) is 0 Å². The van der Waals surface area contributed by atoms with E-state index in [4.69, 9.17) is 4.74 Å². The Morgan fingerprint density at radius 3 is 2.87 bits per heavy atom. The molecular weight excluding hydrogens is 297 g/mol. The summed E-state index contributed by atoms with van der Waals surface area (Å²) >= 11 is 0. The average Bonchev–Trinajstić information content (AvgIpc) is 3.25. The van der Waals surface area contributed by atoms with Crippen LogP contribution < -0.4 is 5.32 Å². The first-order valence-electron chi connectivity index (χ1n) is 7.89. The number of amides is 1. The molecule has 1 saturated carbocycles. The number of ether oxygens (including phenoxy) is 1. The molecular formula is C17H20FN3O2. The molecule has 1 fully saturated rings. The van der Waals surface area contributed by atoms with Crippen LogP contribution in [0.15, 0.2) is 30.3 Å². The number of hydrogen-bond donors (Lipinski definition) is 2. The van der Waals surface area contributed by atoms with Gasteiger partial charge in [-0.1, -0.05) is 0 Å². The number of hydrogen-bond acceptors (Lipinski definition) is 3. The lowest BCUT2D eigenvalue weighted by Gasteiger charge is -2.04. The van der Waals surface area contributed by atoms with Gasteiger partial charge in [0.05, 0.1) is 5.69 Å². The van der Waals surface area contributed by atoms with Crippen LogP contribution in [0.2, 0.25) is 0 Å². The van der Waals surface area contributed by atoms with Crippen LogP contribution in [0.5, 0.6) is 0 Å². The van der Waals surface area contributed by atoms with E-state index in [1.54, 1.807) is 18.2 Å². The third-order valence-corrected chi connectivity index (χ3v) is 3.76. The summed E-state index contributed by atoms with van der Waals surface area (Å²) in [6.45, 7) is 2.07. The molecule has 0 aliphatic heterocycles. The third-order valence-electron chi connectivity index (χ3n) is 3.76. The van der Waals surface area contributed by atoms with Crippen molar-refractivity contribution < 1.29 is 13.9 Å². The average molecular weight is 317 g/mol. The Bertz CT molecular complexity index is 650. The topological polar surface area (TPSA) is 67.0 Å². The summed E-state index contributed by atoms with van der Waals surface area (Å²) in [6, 6.07) is 7.65. The maximum atomic E-state index is 12.9. The smallest absolute Gasteiger partial charge is 0.269 e. The first kappa shape index (κ1) is 15.7. The Balaban J connectivity index is 1.43. The maximum absolute atomic E-state index is 12.9. The first-order valence-corrected chi connectivity index (χ1v) is 7.89. The Morgan fingerprint density at radius 2 is 2.13 bits per heavy atom. The van der Waals surface area contributed by atoms with Crippen molar-refractivity contribution in [3.63, 3.8) is 0 Å². The molecule has 2 aromatic rings. The Kier molecular flexibility index (Phi) is 5.02. The zero-order valence-corrected chi connectivity index (χ0v) is 12.8. The molecule has 1 aromatic heterocycles. The van der Waals surface area contributed by atoms with Crippen molar-refractivity contribution in [3.8, 4) is 11.3 Å². The van der Waals surface area contributed by atoms with Crippen LogP contribution in [0.3, 0.4) is 0 Å². The highest BCUT2D eigenvalue weighted by molar-refractivity contribution is 5.93. The minimum absolute atomic E-state index is 0.201. The van der Waals surface area contributed by atoms with Gasteiger partial charge in [-0.25, -0.2) is 4.39 Å². The number of benzene rings is 1. The predicted molar refractivity (Wildman–Crippen MR) is 84.5 cm³/mol. The molecule has 1 heterocycles. The summed E-state index contributed by atoms with van der Waals surface area (Å²) in [6.07, 6.45) is 3.36. The molecule has 1 amide bonds. The van der Waals surface area contributed by atoms with Crippen LogP contribution in [0.1, 0.15) is 29.8 Å². The highest BCUT2D eigenvalue weighted by Gasteiger charge is 2.20. The molecule has 0 unspecified atom stereocenters. The number of nitrogens with one attached hydrogen (secondary N) is 2. The molecule has 23 heavy (non-hydrogen) atoms. The van der Waals surface area contributed by atoms with Crippen LogP contribution in [0.25, 0.3) is 11.3 Å². The highest BCUT2D eigenvalue weighted by atomic mass is 19.1. The van der Waals surface area contributed by atoms with Gasteiger partial charge in [-0.15, -0.1) is 0 Å². The number of halogens is 1. The number of aromatic amines is 1.